The van der Waals surface area contributed by atoms with Gasteiger partial charge in [-0.2, -0.15) is 0 Å². The number of hydrogen-bond donors (Lipinski definition) is 1. The van der Waals surface area contributed by atoms with Crippen LogP contribution >= 0.6 is 0 Å². The first-order valence-corrected chi connectivity index (χ1v) is 16.1. The van der Waals surface area contributed by atoms with Gasteiger partial charge in [-0.15, -0.1) is 0 Å². The Hall–Kier alpha value is -4.75. The smallest absolute Gasteiger partial charge is 0.0965 e. The quantitative estimate of drug-likeness (QED) is 0.148. The first-order chi connectivity index (χ1) is 22.3. The predicted molar refractivity (Wildman–Crippen MR) is 192 cm³/mol. The number of rotatable bonds is 15. The molecule has 0 atom stereocenters. The van der Waals surface area contributed by atoms with Crippen molar-refractivity contribution in [3.05, 3.63) is 135 Å². The Balaban J connectivity index is 1.29. The van der Waals surface area contributed by atoms with Crippen LogP contribution in [-0.4, -0.2) is 80.8 Å². The number of fused-ring (bicyclic) bond motifs is 1. The van der Waals surface area contributed by atoms with E-state index < -0.39 is 0 Å². The summed E-state index contributed by atoms with van der Waals surface area (Å²) < 4.78 is 4.57. The highest BCUT2D eigenvalue weighted by atomic mass is 16.3. The van der Waals surface area contributed by atoms with Crippen molar-refractivity contribution in [2.24, 2.45) is 5.92 Å². The van der Waals surface area contributed by atoms with E-state index in [1.54, 1.807) is 6.08 Å². The molecule has 1 saturated heterocycles. The lowest BCUT2D eigenvalue weighted by molar-refractivity contribution is 0.169. The van der Waals surface area contributed by atoms with Gasteiger partial charge in [-0.25, -0.2) is 4.98 Å². The zero-order chi connectivity index (χ0) is 32.6. The number of piperidine rings is 1. The molecule has 0 saturated carbocycles. The maximum absolute atomic E-state index is 9.61. The molecule has 0 amide bonds. The third kappa shape index (κ3) is 7.54. The number of nitrogens with zero attached hydrogens (tertiary/aromatic N) is 6. The fourth-order valence-electron chi connectivity index (χ4n) is 6.37. The van der Waals surface area contributed by atoms with Gasteiger partial charge in [0, 0.05) is 82.2 Å². The molecule has 1 aliphatic rings. The van der Waals surface area contributed by atoms with Crippen molar-refractivity contribution in [1.29, 1.82) is 0 Å². The minimum atomic E-state index is 0.0756. The molecule has 0 aliphatic carbocycles. The standard InChI is InChI=1S/C39H48N6O/c1-7-8-12-30(2)24-42(6)32(4)44-19-17-33(18-20-44)25-45-29-40-23-35(45)26-43-27-38(31(3)41(5)21-22-46)39(28-43)37-16-11-14-34-13-9-10-15-36(34)37/h7-16,23,27-29,33,46H,1-4,17-22,24-26H2,5-6H3/b12-8-. The van der Waals surface area contributed by atoms with Gasteiger partial charge in [-0.1, -0.05) is 87.0 Å². The van der Waals surface area contributed by atoms with Crippen LogP contribution < -0.4 is 0 Å². The zero-order valence-electron chi connectivity index (χ0n) is 27.5. The number of likely N-dealkylation sites (N-methyl/N-ethyl adjacent to an activating group) is 2. The minimum Gasteiger partial charge on any atom is -0.395 e. The third-order valence-corrected chi connectivity index (χ3v) is 9.09. The summed E-state index contributed by atoms with van der Waals surface area (Å²) >= 11 is 0. The maximum atomic E-state index is 9.61. The number of imidazole rings is 1. The Morgan fingerprint density at radius 3 is 2.52 bits per heavy atom. The summed E-state index contributed by atoms with van der Waals surface area (Å²) in [6.07, 6.45) is 16.3. The molecule has 240 valence electrons. The molecule has 0 unspecified atom stereocenters. The molecule has 0 bridgehead atoms. The van der Waals surface area contributed by atoms with Crippen LogP contribution in [0.2, 0.25) is 0 Å². The van der Waals surface area contributed by atoms with Crippen molar-refractivity contribution in [2.75, 3.05) is 46.9 Å². The van der Waals surface area contributed by atoms with E-state index in [9.17, 15) is 5.11 Å². The topological polar surface area (TPSA) is 52.7 Å². The Kier molecular flexibility index (Phi) is 10.7. The number of aromatic nitrogens is 3. The van der Waals surface area contributed by atoms with Gasteiger partial charge in [0.1, 0.15) is 0 Å². The molecule has 0 radical (unpaired) electrons. The lowest BCUT2D eigenvalue weighted by Gasteiger charge is -2.38. The van der Waals surface area contributed by atoms with Gasteiger partial charge in [-0.05, 0) is 40.7 Å². The van der Waals surface area contributed by atoms with Crippen molar-refractivity contribution in [1.82, 2.24) is 28.8 Å². The number of aliphatic hydroxyl groups excluding tert-OH is 1. The van der Waals surface area contributed by atoms with Crippen molar-refractivity contribution >= 4 is 16.5 Å². The van der Waals surface area contributed by atoms with E-state index in [-0.39, 0.29) is 6.61 Å². The van der Waals surface area contributed by atoms with E-state index >= 15 is 0 Å². The molecular weight excluding hydrogens is 568 g/mol. The monoisotopic (exact) mass is 616 g/mol. The number of benzene rings is 2. The fraction of sp³-hybridized carbons (Fsp3) is 0.308. The summed E-state index contributed by atoms with van der Waals surface area (Å²) in [7, 11) is 4.06. The van der Waals surface area contributed by atoms with Gasteiger partial charge in [0.05, 0.1) is 31.0 Å². The van der Waals surface area contributed by atoms with E-state index in [1.807, 2.05) is 36.6 Å². The Morgan fingerprint density at radius 1 is 1.00 bits per heavy atom. The van der Waals surface area contributed by atoms with Crippen molar-refractivity contribution in [3.63, 3.8) is 0 Å². The molecule has 4 aromatic rings. The molecule has 3 heterocycles. The zero-order valence-corrected chi connectivity index (χ0v) is 27.5. The van der Waals surface area contributed by atoms with Gasteiger partial charge in [-0.3, -0.25) is 0 Å². The highest BCUT2D eigenvalue weighted by Crippen LogP contribution is 2.35. The summed E-state index contributed by atoms with van der Waals surface area (Å²) in [5.41, 5.74) is 6.48. The van der Waals surface area contributed by atoms with Gasteiger partial charge < -0.3 is 28.9 Å². The summed E-state index contributed by atoms with van der Waals surface area (Å²) in [5.74, 6) is 1.62. The molecule has 0 spiro atoms. The second-order valence-electron chi connectivity index (χ2n) is 12.4. The van der Waals surface area contributed by atoms with Crippen LogP contribution in [0.5, 0.6) is 0 Å². The molecule has 2 aromatic heterocycles. The van der Waals surface area contributed by atoms with Crippen molar-refractivity contribution in [3.8, 4) is 11.1 Å². The summed E-state index contributed by atoms with van der Waals surface area (Å²) in [6, 6.07) is 15.0. The molecule has 1 aliphatic heterocycles. The van der Waals surface area contributed by atoms with Gasteiger partial charge in [0.25, 0.3) is 0 Å². The Bertz CT molecular complexity index is 1710. The van der Waals surface area contributed by atoms with Gasteiger partial charge >= 0.3 is 0 Å². The molecule has 1 fully saturated rings. The molecule has 7 heteroatoms. The minimum absolute atomic E-state index is 0.0756. The van der Waals surface area contributed by atoms with E-state index in [0.29, 0.717) is 19.0 Å². The van der Waals surface area contributed by atoms with E-state index in [1.165, 1.54) is 22.0 Å². The number of aliphatic hydroxyl groups is 1. The van der Waals surface area contributed by atoms with E-state index in [4.69, 9.17) is 0 Å². The fourth-order valence-corrected chi connectivity index (χ4v) is 6.37. The first-order valence-electron chi connectivity index (χ1n) is 16.1. The van der Waals surface area contributed by atoms with E-state index in [2.05, 4.69) is 112 Å². The van der Waals surface area contributed by atoms with Crippen LogP contribution in [0.3, 0.4) is 0 Å². The highest BCUT2D eigenvalue weighted by molar-refractivity contribution is 5.99. The van der Waals surface area contributed by atoms with Crippen molar-refractivity contribution in [2.45, 2.75) is 25.9 Å². The SMILES string of the molecule is C=C/C=C\C(=C)CN(C)C(=C)N1CCC(Cn2cncc2Cn2cc(C(=C)N(C)CCO)c(-c3cccc4ccccc34)c2)CC1. The predicted octanol–water partition coefficient (Wildman–Crippen LogP) is 6.86. The summed E-state index contributed by atoms with van der Waals surface area (Å²) in [6.45, 7) is 21.7. The molecular formula is C39H48N6O. The number of likely N-dealkylation sites (tertiary alicyclic amines) is 1. The second-order valence-corrected chi connectivity index (χ2v) is 12.4. The summed E-state index contributed by atoms with van der Waals surface area (Å²) in [5, 5.41) is 12.0. The molecule has 7 nitrogen and oxygen atoms in total. The molecule has 2 aromatic carbocycles. The van der Waals surface area contributed by atoms with E-state index in [0.717, 1.165) is 67.2 Å². The van der Waals surface area contributed by atoms with Crippen LogP contribution in [0.15, 0.2) is 123 Å². The highest BCUT2D eigenvalue weighted by Gasteiger charge is 2.23. The number of hydrogen-bond acceptors (Lipinski definition) is 5. The molecule has 1 N–H and O–H groups in total. The Morgan fingerprint density at radius 2 is 1.76 bits per heavy atom. The Labute approximate surface area is 274 Å². The summed E-state index contributed by atoms with van der Waals surface area (Å²) in [4.78, 5) is 11.2. The van der Waals surface area contributed by atoms with Crippen LogP contribution in [0.1, 0.15) is 24.1 Å². The normalized spacial score (nSPS) is 13.8. The average molecular weight is 617 g/mol. The maximum Gasteiger partial charge on any atom is 0.0965 e. The second kappa shape index (κ2) is 15.0. The first kappa shape index (κ1) is 32.6. The van der Waals surface area contributed by atoms with Crippen molar-refractivity contribution < 1.29 is 5.11 Å². The average Bonchev–Trinajstić information content (AvgIpc) is 3.69. The number of allylic oxidation sites excluding steroid dienone is 2. The third-order valence-electron chi connectivity index (χ3n) is 9.09. The molecule has 5 rings (SSSR count). The van der Waals surface area contributed by atoms with Crippen LogP contribution in [0, 0.1) is 5.92 Å². The van der Waals surface area contributed by atoms with Crippen LogP contribution in [0.25, 0.3) is 27.6 Å². The lowest BCUT2D eigenvalue weighted by Crippen LogP contribution is -2.39. The van der Waals surface area contributed by atoms with Crippen LogP contribution in [0.4, 0.5) is 0 Å². The van der Waals surface area contributed by atoms with Gasteiger partial charge in [0.15, 0.2) is 0 Å². The molecule has 46 heavy (non-hydrogen) atoms. The lowest BCUT2D eigenvalue weighted by atomic mass is 9.96. The van der Waals surface area contributed by atoms with Gasteiger partial charge in [0.2, 0.25) is 0 Å². The largest absolute Gasteiger partial charge is 0.395 e. The van der Waals surface area contributed by atoms with Crippen LogP contribution in [-0.2, 0) is 13.1 Å².